The van der Waals surface area contributed by atoms with Crippen LogP contribution in [0.1, 0.15) is 30.0 Å². The van der Waals surface area contributed by atoms with Gasteiger partial charge in [0, 0.05) is 11.6 Å². The lowest BCUT2D eigenvalue weighted by molar-refractivity contribution is -0.116. The second-order valence-electron chi connectivity index (χ2n) is 7.10. The topological polar surface area (TPSA) is 38.3 Å². The smallest absolute Gasteiger partial charge is 0.252 e. The Hall–Kier alpha value is -3.33. The summed E-state index contributed by atoms with van der Waals surface area (Å²) in [6.07, 6.45) is 3.75. The normalized spacial score (nSPS) is 12.3. The maximum Gasteiger partial charge on any atom is 0.252 e. The molecule has 3 aromatic rings. The number of benzene rings is 3. The van der Waals surface area contributed by atoms with Crippen LogP contribution in [-0.4, -0.2) is 19.1 Å². The average molecular weight is 386 g/mol. The molecule has 1 atom stereocenters. The Bertz CT molecular complexity index is 931. The molecule has 3 heteroatoms. The van der Waals surface area contributed by atoms with Crippen molar-refractivity contribution < 1.29 is 9.53 Å². The molecule has 29 heavy (non-hydrogen) atoms. The molecular formula is C26H27NO2. The number of rotatable bonds is 8. The highest BCUT2D eigenvalue weighted by Crippen LogP contribution is 2.21. The Kier molecular flexibility index (Phi) is 7.23. The molecular weight excluding hydrogens is 358 g/mol. The van der Waals surface area contributed by atoms with Crippen LogP contribution < -0.4 is 10.1 Å². The second kappa shape index (κ2) is 10.3. The predicted octanol–water partition coefficient (Wildman–Crippen LogP) is 5.37. The van der Waals surface area contributed by atoms with Crippen molar-refractivity contribution in [3.05, 3.63) is 102 Å². The van der Waals surface area contributed by atoms with Crippen LogP contribution in [0.3, 0.4) is 0 Å². The molecule has 0 aliphatic heterocycles. The first-order valence-corrected chi connectivity index (χ1v) is 9.91. The molecule has 3 nitrogen and oxygen atoms in total. The van der Waals surface area contributed by atoms with Gasteiger partial charge in [-0.2, -0.15) is 0 Å². The number of hydrogen-bond donors (Lipinski definition) is 1. The number of ether oxygens (including phenoxy) is 1. The number of hydrogen-bond acceptors (Lipinski definition) is 2. The minimum Gasteiger partial charge on any atom is -0.497 e. The SMILES string of the molecule is COc1ccc(/C=C(/C(=O)N[C@@H](C)CCc2ccccc2)c2ccccc2)cc1. The van der Waals surface area contributed by atoms with E-state index in [-0.39, 0.29) is 11.9 Å². The molecule has 1 amide bonds. The van der Waals surface area contributed by atoms with Crippen LogP contribution in [0.5, 0.6) is 5.75 Å². The van der Waals surface area contributed by atoms with Gasteiger partial charge in [-0.15, -0.1) is 0 Å². The van der Waals surface area contributed by atoms with Crippen molar-refractivity contribution in [3.63, 3.8) is 0 Å². The van der Waals surface area contributed by atoms with E-state index in [1.54, 1.807) is 7.11 Å². The van der Waals surface area contributed by atoms with Crippen LogP contribution in [0.2, 0.25) is 0 Å². The van der Waals surface area contributed by atoms with Gasteiger partial charge in [-0.05, 0) is 54.7 Å². The van der Waals surface area contributed by atoms with E-state index in [0.29, 0.717) is 5.57 Å². The van der Waals surface area contributed by atoms with Gasteiger partial charge >= 0.3 is 0 Å². The lowest BCUT2D eigenvalue weighted by Gasteiger charge is -2.16. The van der Waals surface area contributed by atoms with E-state index in [1.807, 2.05) is 78.9 Å². The van der Waals surface area contributed by atoms with E-state index in [1.165, 1.54) is 5.56 Å². The summed E-state index contributed by atoms with van der Waals surface area (Å²) in [5.74, 6) is 0.731. The van der Waals surface area contributed by atoms with Crippen LogP contribution in [0.4, 0.5) is 0 Å². The van der Waals surface area contributed by atoms with Crippen molar-refractivity contribution in [2.45, 2.75) is 25.8 Å². The molecule has 3 aromatic carbocycles. The molecule has 3 rings (SSSR count). The highest BCUT2D eigenvalue weighted by atomic mass is 16.5. The van der Waals surface area contributed by atoms with Gasteiger partial charge in [-0.25, -0.2) is 0 Å². The van der Waals surface area contributed by atoms with Crippen LogP contribution >= 0.6 is 0 Å². The quantitative estimate of drug-likeness (QED) is 0.418. The summed E-state index contributed by atoms with van der Waals surface area (Å²) in [5, 5.41) is 3.16. The van der Waals surface area contributed by atoms with Gasteiger partial charge in [0.2, 0.25) is 0 Å². The first-order chi connectivity index (χ1) is 14.2. The Morgan fingerprint density at radius 1 is 0.931 bits per heavy atom. The summed E-state index contributed by atoms with van der Waals surface area (Å²) >= 11 is 0. The van der Waals surface area contributed by atoms with Gasteiger partial charge in [-0.1, -0.05) is 72.8 Å². The Balaban J connectivity index is 1.74. The fourth-order valence-electron chi connectivity index (χ4n) is 3.17. The van der Waals surface area contributed by atoms with E-state index in [9.17, 15) is 4.79 Å². The van der Waals surface area contributed by atoms with E-state index in [2.05, 4.69) is 24.4 Å². The number of carbonyl (C=O) groups excluding carboxylic acids is 1. The maximum atomic E-state index is 13.1. The van der Waals surface area contributed by atoms with Crippen molar-refractivity contribution in [1.29, 1.82) is 0 Å². The van der Waals surface area contributed by atoms with Crippen molar-refractivity contribution in [2.75, 3.05) is 7.11 Å². The molecule has 0 saturated carbocycles. The molecule has 0 heterocycles. The maximum absolute atomic E-state index is 13.1. The van der Waals surface area contributed by atoms with Crippen molar-refractivity contribution in [1.82, 2.24) is 5.32 Å². The minimum absolute atomic E-state index is 0.0624. The molecule has 0 spiro atoms. The first kappa shape index (κ1) is 20.4. The monoisotopic (exact) mass is 385 g/mol. The molecule has 0 unspecified atom stereocenters. The van der Waals surface area contributed by atoms with Crippen molar-refractivity contribution in [3.8, 4) is 5.75 Å². The van der Waals surface area contributed by atoms with Gasteiger partial charge in [0.05, 0.1) is 7.11 Å². The molecule has 0 aromatic heterocycles. The zero-order valence-corrected chi connectivity index (χ0v) is 17.0. The summed E-state index contributed by atoms with van der Waals surface area (Å²) < 4.78 is 5.22. The second-order valence-corrected chi connectivity index (χ2v) is 7.10. The summed E-state index contributed by atoms with van der Waals surface area (Å²) in [6.45, 7) is 2.05. The fourth-order valence-corrected chi connectivity index (χ4v) is 3.17. The third kappa shape index (κ3) is 6.08. The zero-order chi connectivity index (χ0) is 20.5. The third-order valence-corrected chi connectivity index (χ3v) is 4.84. The average Bonchev–Trinajstić information content (AvgIpc) is 2.77. The number of amides is 1. The molecule has 0 radical (unpaired) electrons. The van der Waals surface area contributed by atoms with Crippen molar-refractivity contribution >= 4 is 17.6 Å². The van der Waals surface area contributed by atoms with E-state index < -0.39 is 0 Å². The number of aryl methyl sites for hydroxylation is 1. The number of nitrogens with one attached hydrogen (secondary N) is 1. The molecule has 0 aliphatic rings. The molecule has 0 saturated heterocycles. The summed E-state index contributed by atoms with van der Waals surface area (Å²) in [5.41, 5.74) is 3.79. The third-order valence-electron chi connectivity index (χ3n) is 4.84. The van der Waals surface area contributed by atoms with E-state index in [0.717, 1.165) is 29.7 Å². The summed E-state index contributed by atoms with van der Waals surface area (Å²) in [6, 6.07) is 27.9. The lowest BCUT2D eigenvalue weighted by Crippen LogP contribution is -2.33. The standard InChI is InChI=1S/C26H27NO2/c1-20(13-14-21-9-5-3-6-10-21)27-26(28)25(23-11-7-4-8-12-23)19-22-15-17-24(29-2)18-16-22/h3-12,15-20H,13-14H2,1-2H3,(H,27,28)/b25-19+/t20-/m0/s1. The Morgan fingerprint density at radius 3 is 2.17 bits per heavy atom. The van der Waals surface area contributed by atoms with E-state index in [4.69, 9.17) is 4.74 Å². The molecule has 0 fully saturated rings. The first-order valence-electron chi connectivity index (χ1n) is 9.91. The van der Waals surface area contributed by atoms with Crippen LogP contribution in [0.15, 0.2) is 84.9 Å². The molecule has 0 bridgehead atoms. The van der Waals surface area contributed by atoms with E-state index >= 15 is 0 Å². The van der Waals surface area contributed by atoms with Crippen LogP contribution in [-0.2, 0) is 11.2 Å². The molecule has 148 valence electrons. The number of carbonyl (C=O) groups is 1. The molecule has 1 N–H and O–H groups in total. The zero-order valence-electron chi connectivity index (χ0n) is 17.0. The van der Waals surface area contributed by atoms with Crippen molar-refractivity contribution in [2.24, 2.45) is 0 Å². The molecule has 0 aliphatic carbocycles. The minimum atomic E-state index is -0.0624. The van der Waals surface area contributed by atoms with Gasteiger partial charge in [0.1, 0.15) is 5.75 Å². The highest BCUT2D eigenvalue weighted by molar-refractivity contribution is 6.24. The fraction of sp³-hybridized carbons (Fsp3) is 0.192. The Morgan fingerprint density at radius 2 is 1.55 bits per heavy atom. The van der Waals surface area contributed by atoms with Gasteiger partial charge in [-0.3, -0.25) is 4.79 Å². The lowest BCUT2D eigenvalue weighted by atomic mass is 10.0. The van der Waals surface area contributed by atoms with Gasteiger partial charge < -0.3 is 10.1 Å². The predicted molar refractivity (Wildman–Crippen MR) is 120 cm³/mol. The van der Waals surface area contributed by atoms with Gasteiger partial charge in [0.15, 0.2) is 0 Å². The van der Waals surface area contributed by atoms with Gasteiger partial charge in [0.25, 0.3) is 5.91 Å². The number of methoxy groups -OCH3 is 1. The van der Waals surface area contributed by atoms with Crippen LogP contribution in [0, 0.1) is 0 Å². The van der Waals surface area contributed by atoms with Crippen LogP contribution in [0.25, 0.3) is 11.6 Å². The Labute approximate surface area is 173 Å². The summed E-state index contributed by atoms with van der Waals surface area (Å²) in [4.78, 5) is 13.1. The largest absolute Gasteiger partial charge is 0.497 e. The summed E-state index contributed by atoms with van der Waals surface area (Å²) in [7, 11) is 1.64. The highest BCUT2D eigenvalue weighted by Gasteiger charge is 2.15.